The molecule has 0 bridgehead atoms. The van der Waals surface area contributed by atoms with Crippen LogP contribution in [0, 0.1) is 6.92 Å². The molecule has 0 fully saturated rings. The summed E-state index contributed by atoms with van der Waals surface area (Å²) in [6.07, 6.45) is 0.973. The van der Waals surface area contributed by atoms with E-state index in [-0.39, 0.29) is 0 Å². The molecule has 0 unspecified atom stereocenters. The van der Waals surface area contributed by atoms with Gasteiger partial charge in [0.25, 0.3) is 0 Å². The summed E-state index contributed by atoms with van der Waals surface area (Å²) in [6, 6.07) is 6.22. The van der Waals surface area contributed by atoms with Crippen LogP contribution in [0.15, 0.2) is 18.2 Å². The van der Waals surface area contributed by atoms with Crippen LogP contribution in [0.3, 0.4) is 0 Å². The highest BCUT2D eigenvalue weighted by Crippen LogP contribution is 2.24. The Morgan fingerprint density at radius 2 is 1.92 bits per heavy atom. The highest BCUT2D eigenvalue weighted by Gasteiger charge is 2.18. The minimum absolute atomic E-state index is 0.723. The van der Waals surface area contributed by atoms with Gasteiger partial charge in [-0.15, -0.1) is 0 Å². The van der Waals surface area contributed by atoms with Crippen LogP contribution >= 0.6 is 0 Å². The van der Waals surface area contributed by atoms with E-state index in [4.69, 9.17) is 0 Å². The third-order valence-corrected chi connectivity index (χ3v) is 2.30. The maximum absolute atomic E-state index is 9.89. The minimum atomic E-state index is -0.723. The first kappa shape index (κ1) is 10.3. The molecule has 0 aliphatic carbocycles. The Labute approximate surface area is 80.4 Å². The molecule has 0 aromatic heterocycles. The van der Waals surface area contributed by atoms with Gasteiger partial charge in [0.1, 0.15) is 0 Å². The van der Waals surface area contributed by atoms with Gasteiger partial charge in [-0.2, -0.15) is 0 Å². The number of aryl methyl sites for hydroxylation is 2. The minimum Gasteiger partial charge on any atom is -0.386 e. The van der Waals surface area contributed by atoms with Crippen molar-refractivity contribution in [3.8, 4) is 0 Å². The number of aliphatic hydroxyl groups is 1. The molecular weight excluding hydrogens is 160 g/mol. The Balaban J connectivity index is 3.22. The molecular formula is C12H18O. The number of hydrogen-bond acceptors (Lipinski definition) is 1. The van der Waals surface area contributed by atoms with Crippen LogP contribution in [0.25, 0.3) is 0 Å². The summed E-state index contributed by atoms with van der Waals surface area (Å²) in [6.45, 7) is 7.85. The van der Waals surface area contributed by atoms with Gasteiger partial charge in [-0.3, -0.25) is 0 Å². The Hall–Kier alpha value is -0.820. The van der Waals surface area contributed by atoms with Gasteiger partial charge in [-0.05, 0) is 38.3 Å². The van der Waals surface area contributed by atoms with Crippen LogP contribution in [0.4, 0.5) is 0 Å². The van der Waals surface area contributed by atoms with Crippen LogP contribution in [0.5, 0.6) is 0 Å². The largest absolute Gasteiger partial charge is 0.386 e. The monoisotopic (exact) mass is 178 g/mol. The second kappa shape index (κ2) is 3.51. The molecule has 0 amide bonds. The van der Waals surface area contributed by atoms with E-state index in [1.807, 2.05) is 26.0 Å². The molecule has 0 saturated heterocycles. The van der Waals surface area contributed by atoms with Gasteiger partial charge in [0.15, 0.2) is 0 Å². The van der Waals surface area contributed by atoms with Crippen LogP contribution < -0.4 is 0 Å². The quantitative estimate of drug-likeness (QED) is 0.738. The molecule has 1 rings (SSSR count). The summed E-state index contributed by atoms with van der Waals surface area (Å²) in [5.41, 5.74) is 2.82. The first-order valence-corrected chi connectivity index (χ1v) is 4.77. The molecule has 13 heavy (non-hydrogen) atoms. The van der Waals surface area contributed by atoms with Crippen molar-refractivity contribution in [2.75, 3.05) is 0 Å². The van der Waals surface area contributed by atoms with Crippen molar-refractivity contribution in [2.24, 2.45) is 0 Å². The average molecular weight is 178 g/mol. The van der Waals surface area contributed by atoms with Crippen molar-refractivity contribution < 1.29 is 5.11 Å². The summed E-state index contributed by atoms with van der Waals surface area (Å²) in [5, 5.41) is 9.89. The second-order valence-electron chi connectivity index (χ2n) is 4.07. The van der Waals surface area contributed by atoms with Crippen LogP contribution in [-0.2, 0) is 12.0 Å². The smallest absolute Gasteiger partial charge is 0.0843 e. The van der Waals surface area contributed by atoms with Gasteiger partial charge in [0.2, 0.25) is 0 Å². The highest BCUT2D eigenvalue weighted by atomic mass is 16.3. The zero-order valence-corrected chi connectivity index (χ0v) is 8.89. The predicted octanol–water partition coefficient (Wildman–Crippen LogP) is 2.78. The standard InChI is InChI=1S/C12H18O/c1-5-10-8-9(2)6-7-11(10)12(3,4)13/h6-8,13H,5H2,1-4H3. The number of rotatable bonds is 2. The van der Waals surface area contributed by atoms with Crippen LogP contribution in [0.1, 0.15) is 37.5 Å². The molecule has 0 saturated carbocycles. The normalized spacial score (nSPS) is 11.8. The third-order valence-electron chi connectivity index (χ3n) is 2.30. The number of hydrogen-bond donors (Lipinski definition) is 1. The molecule has 1 nitrogen and oxygen atoms in total. The molecule has 1 N–H and O–H groups in total. The third kappa shape index (κ3) is 2.31. The Kier molecular flexibility index (Phi) is 2.77. The topological polar surface area (TPSA) is 20.2 Å². The molecule has 72 valence electrons. The van der Waals surface area contributed by atoms with Crippen molar-refractivity contribution in [2.45, 2.75) is 39.7 Å². The molecule has 0 heterocycles. The Morgan fingerprint density at radius 1 is 1.31 bits per heavy atom. The highest BCUT2D eigenvalue weighted by molar-refractivity contribution is 5.34. The van der Waals surface area contributed by atoms with E-state index in [1.54, 1.807) is 0 Å². The summed E-state index contributed by atoms with van der Waals surface area (Å²) in [7, 11) is 0. The first-order chi connectivity index (χ1) is 5.95. The summed E-state index contributed by atoms with van der Waals surface area (Å²) in [4.78, 5) is 0. The SMILES string of the molecule is CCc1cc(C)ccc1C(C)(C)O. The van der Waals surface area contributed by atoms with Gasteiger partial charge >= 0.3 is 0 Å². The molecule has 0 aliphatic heterocycles. The lowest BCUT2D eigenvalue weighted by atomic mass is 9.91. The summed E-state index contributed by atoms with van der Waals surface area (Å²) < 4.78 is 0. The Bertz CT molecular complexity index is 294. The van der Waals surface area contributed by atoms with Crippen LogP contribution in [-0.4, -0.2) is 5.11 Å². The molecule has 1 heteroatoms. The van der Waals surface area contributed by atoms with Crippen LogP contribution in [0.2, 0.25) is 0 Å². The summed E-state index contributed by atoms with van der Waals surface area (Å²) in [5.74, 6) is 0. The van der Waals surface area contributed by atoms with Gasteiger partial charge in [-0.1, -0.05) is 30.7 Å². The van der Waals surface area contributed by atoms with Gasteiger partial charge < -0.3 is 5.11 Å². The van der Waals surface area contributed by atoms with Gasteiger partial charge in [-0.25, -0.2) is 0 Å². The molecule has 0 spiro atoms. The van der Waals surface area contributed by atoms with Crippen molar-refractivity contribution in [3.05, 3.63) is 34.9 Å². The molecule has 0 radical (unpaired) electrons. The van der Waals surface area contributed by atoms with E-state index in [9.17, 15) is 5.11 Å². The van der Waals surface area contributed by atoms with Crippen molar-refractivity contribution >= 4 is 0 Å². The van der Waals surface area contributed by atoms with E-state index in [2.05, 4.69) is 19.9 Å². The predicted molar refractivity (Wildman–Crippen MR) is 55.8 cm³/mol. The molecule has 0 aliphatic rings. The lowest BCUT2D eigenvalue weighted by Gasteiger charge is -2.21. The summed E-state index contributed by atoms with van der Waals surface area (Å²) >= 11 is 0. The van der Waals surface area contributed by atoms with Crippen molar-refractivity contribution in [3.63, 3.8) is 0 Å². The average Bonchev–Trinajstić information content (AvgIpc) is 2.01. The van der Waals surface area contributed by atoms with E-state index in [0.717, 1.165) is 12.0 Å². The lowest BCUT2D eigenvalue weighted by Crippen LogP contribution is -2.17. The van der Waals surface area contributed by atoms with Crippen molar-refractivity contribution in [1.82, 2.24) is 0 Å². The molecule has 1 aromatic carbocycles. The van der Waals surface area contributed by atoms with E-state index >= 15 is 0 Å². The number of benzene rings is 1. The van der Waals surface area contributed by atoms with E-state index < -0.39 is 5.60 Å². The van der Waals surface area contributed by atoms with Gasteiger partial charge in [0, 0.05) is 0 Å². The van der Waals surface area contributed by atoms with Gasteiger partial charge in [0.05, 0.1) is 5.60 Å². The molecule has 0 atom stereocenters. The second-order valence-corrected chi connectivity index (χ2v) is 4.07. The zero-order valence-electron chi connectivity index (χ0n) is 8.89. The van der Waals surface area contributed by atoms with Crippen molar-refractivity contribution in [1.29, 1.82) is 0 Å². The lowest BCUT2D eigenvalue weighted by molar-refractivity contribution is 0.0776. The first-order valence-electron chi connectivity index (χ1n) is 4.77. The van der Waals surface area contributed by atoms with E-state index in [0.29, 0.717) is 0 Å². The maximum atomic E-state index is 9.89. The van der Waals surface area contributed by atoms with E-state index in [1.165, 1.54) is 11.1 Å². The molecule has 1 aromatic rings. The fourth-order valence-corrected chi connectivity index (χ4v) is 1.61. The maximum Gasteiger partial charge on any atom is 0.0843 e. The fraction of sp³-hybridized carbons (Fsp3) is 0.500. The Morgan fingerprint density at radius 3 is 2.38 bits per heavy atom. The fourth-order valence-electron chi connectivity index (χ4n) is 1.61. The zero-order chi connectivity index (χ0) is 10.1.